The van der Waals surface area contributed by atoms with Crippen LogP contribution in [0.4, 0.5) is 5.69 Å². The third kappa shape index (κ3) is 2.59. The number of methoxy groups -OCH3 is 1. The van der Waals surface area contributed by atoms with Crippen LogP contribution in [0.3, 0.4) is 0 Å². The second-order valence-electron chi connectivity index (χ2n) is 7.52. The van der Waals surface area contributed by atoms with Crippen molar-refractivity contribution >= 4 is 23.2 Å². The number of fused-ring (bicyclic) bond motifs is 4. The fourth-order valence-corrected chi connectivity index (χ4v) is 4.76. The number of nitriles is 1. The van der Waals surface area contributed by atoms with Gasteiger partial charge in [-0.25, -0.2) is 0 Å². The van der Waals surface area contributed by atoms with E-state index in [1.165, 1.54) is 7.11 Å². The van der Waals surface area contributed by atoms with Crippen LogP contribution in [0.25, 0.3) is 0 Å². The Labute approximate surface area is 188 Å². The minimum absolute atomic E-state index is 0.0165. The molecule has 2 aliphatic rings. The van der Waals surface area contributed by atoms with Crippen molar-refractivity contribution in [1.29, 1.82) is 5.26 Å². The number of benzene rings is 2. The number of carbonyl (C=O) groups excluding carboxylic acids is 1. The number of aromatic amines is 1. The molecule has 1 amide bonds. The lowest BCUT2D eigenvalue weighted by atomic mass is 9.69. The number of aromatic nitrogens is 2. The zero-order chi connectivity index (χ0) is 22.5. The lowest BCUT2D eigenvalue weighted by Crippen LogP contribution is -2.46. The Kier molecular flexibility index (Phi) is 4.66. The Hall–Kier alpha value is -3.80. The molecule has 8 nitrogen and oxygen atoms in total. The molecule has 32 heavy (non-hydrogen) atoms. The summed E-state index contributed by atoms with van der Waals surface area (Å²) in [5.74, 6) is -0.337. The predicted molar refractivity (Wildman–Crippen MR) is 117 cm³/mol. The highest BCUT2D eigenvalue weighted by Crippen LogP contribution is 2.56. The first-order valence-corrected chi connectivity index (χ1v) is 10.2. The molecule has 1 unspecified atom stereocenters. The monoisotopic (exact) mass is 447 g/mol. The first-order valence-electron chi connectivity index (χ1n) is 9.83. The molecule has 3 N–H and O–H groups in total. The maximum Gasteiger partial charge on any atom is 0.248 e. The van der Waals surface area contributed by atoms with Gasteiger partial charge < -0.3 is 20.1 Å². The van der Waals surface area contributed by atoms with Crippen molar-refractivity contribution < 1.29 is 14.3 Å². The van der Waals surface area contributed by atoms with Gasteiger partial charge >= 0.3 is 0 Å². The summed E-state index contributed by atoms with van der Waals surface area (Å²) < 4.78 is 10.9. The maximum atomic E-state index is 14.3. The van der Waals surface area contributed by atoms with E-state index in [1.54, 1.807) is 11.0 Å². The molecule has 0 aliphatic carbocycles. The summed E-state index contributed by atoms with van der Waals surface area (Å²) in [7, 11) is 1.53. The van der Waals surface area contributed by atoms with Crippen molar-refractivity contribution in [3.05, 3.63) is 87.4 Å². The van der Waals surface area contributed by atoms with Crippen LogP contribution >= 0.6 is 11.6 Å². The van der Waals surface area contributed by atoms with E-state index in [9.17, 15) is 10.1 Å². The van der Waals surface area contributed by atoms with Gasteiger partial charge in [-0.2, -0.15) is 5.26 Å². The Morgan fingerprint density at radius 3 is 2.78 bits per heavy atom. The topological polar surface area (TPSA) is 117 Å². The van der Waals surface area contributed by atoms with Crippen LogP contribution in [0, 0.1) is 11.3 Å². The SMILES string of the molecule is COCc1[nH]nc2c1C1(C(=O)N(Cc3ccccc3Cl)c3ccccc31)C(C#N)=C(N)O2. The van der Waals surface area contributed by atoms with Crippen LogP contribution in [0.5, 0.6) is 5.88 Å². The van der Waals surface area contributed by atoms with Gasteiger partial charge in [0, 0.05) is 23.4 Å². The van der Waals surface area contributed by atoms with Crippen LogP contribution in [0.15, 0.2) is 60.0 Å². The fraction of sp³-hybridized carbons (Fsp3) is 0.174. The Bertz CT molecular complexity index is 1330. The number of nitrogens with one attached hydrogen (secondary N) is 1. The molecule has 0 saturated heterocycles. The highest BCUT2D eigenvalue weighted by molar-refractivity contribution is 6.31. The highest BCUT2D eigenvalue weighted by Gasteiger charge is 2.61. The number of rotatable bonds is 4. The molecule has 2 aliphatic heterocycles. The quantitative estimate of drug-likeness (QED) is 0.634. The Morgan fingerprint density at radius 1 is 1.28 bits per heavy atom. The molecule has 0 fully saturated rings. The van der Waals surface area contributed by atoms with Gasteiger partial charge in [0.15, 0.2) is 0 Å². The van der Waals surface area contributed by atoms with Gasteiger partial charge in [-0.3, -0.25) is 9.89 Å². The molecule has 0 bridgehead atoms. The van der Waals surface area contributed by atoms with Gasteiger partial charge in [0.1, 0.15) is 17.1 Å². The van der Waals surface area contributed by atoms with Crippen LogP contribution in [-0.4, -0.2) is 23.2 Å². The molecule has 2 aromatic carbocycles. The lowest BCUT2D eigenvalue weighted by molar-refractivity contribution is -0.121. The summed E-state index contributed by atoms with van der Waals surface area (Å²) in [5.41, 5.74) is 7.68. The van der Waals surface area contributed by atoms with E-state index < -0.39 is 5.41 Å². The van der Waals surface area contributed by atoms with E-state index in [4.69, 9.17) is 26.8 Å². The van der Waals surface area contributed by atoms with Gasteiger partial charge in [-0.05, 0) is 17.7 Å². The number of anilines is 1. The molecule has 0 radical (unpaired) electrons. The number of ether oxygens (including phenoxy) is 2. The first kappa shape index (κ1) is 20.1. The average molecular weight is 448 g/mol. The maximum absolute atomic E-state index is 14.3. The van der Waals surface area contributed by atoms with Crippen LogP contribution in [0.1, 0.15) is 22.4 Å². The van der Waals surface area contributed by atoms with Crippen LogP contribution in [0.2, 0.25) is 5.02 Å². The fourth-order valence-electron chi connectivity index (χ4n) is 4.56. The molecule has 9 heteroatoms. The van der Waals surface area contributed by atoms with Gasteiger partial charge in [-0.1, -0.05) is 48.0 Å². The molecule has 160 valence electrons. The minimum Gasteiger partial charge on any atom is -0.420 e. The highest BCUT2D eigenvalue weighted by atomic mass is 35.5. The standard InChI is InChI=1S/C23H18ClN5O3/c1-31-12-17-19-21(28-27-17)32-20(26)15(10-25)23(19)14-7-3-5-9-18(14)29(22(23)30)11-13-6-2-4-8-16(13)24/h2-9H,11-12,26H2,1H3,(H,27,28). The van der Waals surface area contributed by atoms with Crippen molar-refractivity contribution in [3.8, 4) is 11.9 Å². The zero-order valence-electron chi connectivity index (χ0n) is 17.1. The molecule has 0 saturated carbocycles. The second-order valence-corrected chi connectivity index (χ2v) is 7.93. The number of amides is 1. The summed E-state index contributed by atoms with van der Waals surface area (Å²) in [6.45, 7) is 0.371. The third-order valence-electron chi connectivity index (χ3n) is 5.86. The van der Waals surface area contributed by atoms with Gasteiger partial charge in [-0.15, -0.1) is 5.10 Å². The van der Waals surface area contributed by atoms with E-state index in [0.29, 0.717) is 27.5 Å². The average Bonchev–Trinajstić information content (AvgIpc) is 3.29. The lowest BCUT2D eigenvalue weighted by Gasteiger charge is -2.32. The smallest absolute Gasteiger partial charge is 0.248 e. The summed E-state index contributed by atoms with van der Waals surface area (Å²) in [4.78, 5) is 15.9. The minimum atomic E-state index is -1.51. The van der Waals surface area contributed by atoms with Gasteiger partial charge in [0.25, 0.3) is 0 Å². The number of hydrogen-bond donors (Lipinski definition) is 2. The normalized spacial score (nSPS) is 19.0. The van der Waals surface area contributed by atoms with E-state index in [-0.39, 0.29) is 36.4 Å². The molecule has 3 heterocycles. The summed E-state index contributed by atoms with van der Waals surface area (Å²) in [6.07, 6.45) is 0. The van der Waals surface area contributed by atoms with E-state index in [2.05, 4.69) is 16.3 Å². The first-order chi connectivity index (χ1) is 15.5. The number of carbonyl (C=O) groups is 1. The number of halogens is 1. The second kappa shape index (κ2) is 7.41. The molecule has 1 spiro atoms. The van der Waals surface area contributed by atoms with Crippen molar-refractivity contribution in [1.82, 2.24) is 10.2 Å². The third-order valence-corrected chi connectivity index (χ3v) is 6.23. The van der Waals surface area contributed by atoms with Gasteiger partial charge in [0.2, 0.25) is 17.7 Å². The largest absolute Gasteiger partial charge is 0.420 e. The van der Waals surface area contributed by atoms with E-state index >= 15 is 0 Å². The van der Waals surface area contributed by atoms with Crippen molar-refractivity contribution in [2.75, 3.05) is 12.0 Å². The number of para-hydroxylation sites is 1. The van der Waals surface area contributed by atoms with E-state index in [1.807, 2.05) is 42.5 Å². The summed E-state index contributed by atoms with van der Waals surface area (Å²) >= 11 is 6.39. The Balaban J connectivity index is 1.79. The molecule has 1 aromatic heterocycles. The molecule has 5 rings (SSSR count). The summed E-state index contributed by atoms with van der Waals surface area (Å²) in [6, 6.07) is 16.8. The van der Waals surface area contributed by atoms with Crippen molar-refractivity contribution in [2.45, 2.75) is 18.6 Å². The summed E-state index contributed by atoms with van der Waals surface area (Å²) in [5, 5.41) is 17.7. The van der Waals surface area contributed by atoms with Crippen molar-refractivity contribution in [2.24, 2.45) is 5.73 Å². The molecule has 1 atom stereocenters. The number of hydrogen-bond acceptors (Lipinski definition) is 6. The van der Waals surface area contributed by atoms with Gasteiger partial charge in [0.05, 0.1) is 24.4 Å². The predicted octanol–water partition coefficient (Wildman–Crippen LogP) is 3.13. The molecular weight excluding hydrogens is 430 g/mol. The number of nitrogens with zero attached hydrogens (tertiary/aromatic N) is 3. The number of H-pyrrole nitrogens is 1. The van der Waals surface area contributed by atoms with Crippen molar-refractivity contribution in [3.63, 3.8) is 0 Å². The van der Waals surface area contributed by atoms with E-state index in [0.717, 1.165) is 5.56 Å². The van der Waals surface area contributed by atoms with Crippen LogP contribution < -0.4 is 15.4 Å². The molecular formula is C23H18ClN5O3. The number of nitrogens with two attached hydrogens (primary N) is 1. The zero-order valence-corrected chi connectivity index (χ0v) is 17.8. The van der Waals surface area contributed by atoms with Crippen LogP contribution in [-0.2, 0) is 28.1 Å². The Morgan fingerprint density at radius 2 is 2.03 bits per heavy atom. The molecule has 3 aromatic rings.